The summed E-state index contributed by atoms with van der Waals surface area (Å²) in [6.07, 6.45) is 3.67. The van der Waals surface area contributed by atoms with Crippen LogP contribution in [0.5, 0.6) is 0 Å². The van der Waals surface area contributed by atoms with Gasteiger partial charge in [-0.1, -0.05) is 18.2 Å². The summed E-state index contributed by atoms with van der Waals surface area (Å²) in [5.74, 6) is 0. The summed E-state index contributed by atoms with van der Waals surface area (Å²) in [4.78, 5) is 7.17. The molecule has 0 fully saturated rings. The Bertz CT molecular complexity index is 513. The lowest BCUT2D eigenvalue weighted by atomic mass is 10.3. The predicted molar refractivity (Wildman–Crippen MR) is 66.9 cm³/mol. The van der Waals surface area contributed by atoms with Crippen molar-refractivity contribution in [2.24, 2.45) is 0 Å². The standard InChI is InChI=1S/C7H6N2.C6H7N/c1-2-6-7(8-4-1)3-5-9-6;7-6-4-2-1-3-5-6/h1-5,9H;1-5H,7H2. The van der Waals surface area contributed by atoms with Gasteiger partial charge in [-0.15, -0.1) is 0 Å². The van der Waals surface area contributed by atoms with E-state index in [0.717, 1.165) is 16.7 Å². The third-order valence-electron chi connectivity index (χ3n) is 2.12. The number of nitrogen functional groups attached to an aromatic ring is 1. The van der Waals surface area contributed by atoms with Crippen LogP contribution in [0.3, 0.4) is 0 Å². The number of para-hydroxylation sites is 1. The van der Waals surface area contributed by atoms with Crippen molar-refractivity contribution in [2.75, 3.05) is 5.73 Å². The molecule has 0 spiro atoms. The molecule has 2 heterocycles. The number of aromatic nitrogens is 2. The van der Waals surface area contributed by atoms with Crippen molar-refractivity contribution in [3.8, 4) is 0 Å². The molecule has 80 valence electrons. The maximum atomic E-state index is 5.36. The van der Waals surface area contributed by atoms with Crippen molar-refractivity contribution in [3.63, 3.8) is 0 Å². The highest BCUT2D eigenvalue weighted by Crippen LogP contribution is 2.05. The smallest absolute Gasteiger partial charge is 0.0878 e. The minimum absolute atomic E-state index is 0.822. The maximum absolute atomic E-state index is 5.36. The van der Waals surface area contributed by atoms with Crippen LogP contribution in [0.15, 0.2) is 60.9 Å². The minimum atomic E-state index is 0.822. The molecule has 3 nitrogen and oxygen atoms in total. The van der Waals surface area contributed by atoms with Crippen molar-refractivity contribution >= 4 is 16.7 Å². The summed E-state index contributed by atoms with van der Waals surface area (Å²) < 4.78 is 0. The van der Waals surface area contributed by atoms with Gasteiger partial charge in [-0.25, -0.2) is 0 Å². The number of nitrogens with zero attached hydrogens (tertiary/aromatic N) is 1. The van der Waals surface area contributed by atoms with Gasteiger partial charge in [0.1, 0.15) is 0 Å². The molecule has 3 N–H and O–H groups in total. The van der Waals surface area contributed by atoms with Gasteiger partial charge in [0.25, 0.3) is 0 Å². The summed E-state index contributed by atoms with van der Waals surface area (Å²) in [5.41, 5.74) is 8.30. The molecule has 1 aromatic carbocycles. The Morgan fingerprint density at radius 2 is 1.75 bits per heavy atom. The lowest BCUT2D eigenvalue weighted by Gasteiger charge is -1.83. The molecule has 0 radical (unpaired) electrons. The number of rotatable bonds is 0. The summed E-state index contributed by atoms with van der Waals surface area (Å²) in [6, 6.07) is 15.4. The van der Waals surface area contributed by atoms with E-state index in [9.17, 15) is 0 Å². The van der Waals surface area contributed by atoms with Gasteiger partial charge in [0.15, 0.2) is 0 Å². The zero-order valence-corrected chi connectivity index (χ0v) is 8.80. The average molecular weight is 211 g/mol. The Balaban J connectivity index is 0.000000125. The molecule has 3 rings (SSSR count). The Kier molecular flexibility index (Phi) is 3.18. The first kappa shape index (κ1) is 10.2. The van der Waals surface area contributed by atoms with Crippen LogP contribution in [-0.4, -0.2) is 9.97 Å². The topological polar surface area (TPSA) is 54.7 Å². The van der Waals surface area contributed by atoms with E-state index in [1.54, 1.807) is 6.20 Å². The Morgan fingerprint density at radius 3 is 2.38 bits per heavy atom. The third-order valence-corrected chi connectivity index (χ3v) is 2.12. The van der Waals surface area contributed by atoms with Crippen molar-refractivity contribution in [3.05, 3.63) is 60.9 Å². The van der Waals surface area contributed by atoms with Gasteiger partial charge in [-0.3, -0.25) is 4.98 Å². The molecule has 3 heteroatoms. The molecule has 0 aliphatic carbocycles. The van der Waals surface area contributed by atoms with E-state index in [1.165, 1.54) is 0 Å². The number of hydrogen-bond acceptors (Lipinski definition) is 2. The maximum Gasteiger partial charge on any atom is 0.0878 e. The number of pyridine rings is 1. The number of hydrogen-bond donors (Lipinski definition) is 2. The molecule has 0 saturated carbocycles. The lowest BCUT2D eigenvalue weighted by Crippen LogP contribution is -1.79. The summed E-state index contributed by atoms with van der Waals surface area (Å²) in [7, 11) is 0. The zero-order chi connectivity index (χ0) is 11.2. The highest BCUT2D eigenvalue weighted by molar-refractivity contribution is 5.73. The van der Waals surface area contributed by atoms with Crippen LogP contribution in [0.25, 0.3) is 11.0 Å². The molecule has 0 saturated heterocycles. The normalized spacial score (nSPS) is 9.50. The van der Waals surface area contributed by atoms with Crippen molar-refractivity contribution in [2.45, 2.75) is 0 Å². The molecule has 0 atom stereocenters. The first-order valence-corrected chi connectivity index (χ1v) is 5.05. The molecule has 16 heavy (non-hydrogen) atoms. The van der Waals surface area contributed by atoms with Crippen LogP contribution < -0.4 is 5.73 Å². The van der Waals surface area contributed by atoms with Gasteiger partial charge in [-0.2, -0.15) is 0 Å². The molecule has 3 aromatic rings. The number of fused-ring (bicyclic) bond motifs is 1. The van der Waals surface area contributed by atoms with Crippen molar-refractivity contribution in [1.29, 1.82) is 0 Å². The SMILES string of the molecule is Nc1ccccc1.c1cnc2cc[nH]c2c1. The fourth-order valence-electron chi connectivity index (χ4n) is 1.34. The van der Waals surface area contributed by atoms with Gasteiger partial charge >= 0.3 is 0 Å². The Morgan fingerprint density at radius 1 is 0.938 bits per heavy atom. The highest BCUT2D eigenvalue weighted by atomic mass is 14.7. The number of nitrogens with two attached hydrogens (primary N) is 1. The number of aromatic amines is 1. The highest BCUT2D eigenvalue weighted by Gasteiger charge is 1.88. The fourth-order valence-corrected chi connectivity index (χ4v) is 1.34. The number of nitrogens with one attached hydrogen (secondary N) is 1. The molecule has 0 aliphatic rings. The second-order valence-electron chi connectivity index (χ2n) is 3.32. The second-order valence-corrected chi connectivity index (χ2v) is 3.32. The third kappa shape index (κ3) is 2.60. The Labute approximate surface area is 93.9 Å². The van der Waals surface area contributed by atoms with Crippen LogP contribution in [0, 0.1) is 0 Å². The van der Waals surface area contributed by atoms with E-state index in [2.05, 4.69) is 9.97 Å². The van der Waals surface area contributed by atoms with E-state index >= 15 is 0 Å². The second kappa shape index (κ2) is 4.98. The summed E-state index contributed by atoms with van der Waals surface area (Å²) in [6.45, 7) is 0. The van der Waals surface area contributed by atoms with Gasteiger partial charge in [-0.05, 0) is 30.3 Å². The van der Waals surface area contributed by atoms with Gasteiger partial charge in [0.05, 0.1) is 11.0 Å². The minimum Gasteiger partial charge on any atom is -0.399 e. The molecule has 2 aromatic heterocycles. The molecule has 0 aliphatic heterocycles. The lowest BCUT2D eigenvalue weighted by molar-refractivity contribution is 1.41. The quantitative estimate of drug-likeness (QED) is 0.562. The van der Waals surface area contributed by atoms with Crippen molar-refractivity contribution < 1.29 is 0 Å². The van der Waals surface area contributed by atoms with Gasteiger partial charge < -0.3 is 10.7 Å². The fraction of sp³-hybridized carbons (Fsp3) is 0. The molecular weight excluding hydrogens is 198 g/mol. The average Bonchev–Trinajstić information content (AvgIpc) is 2.79. The van der Waals surface area contributed by atoms with Crippen LogP contribution in [-0.2, 0) is 0 Å². The van der Waals surface area contributed by atoms with Crippen LogP contribution in [0.1, 0.15) is 0 Å². The van der Waals surface area contributed by atoms with E-state index in [1.807, 2.05) is 54.7 Å². The molecule has 0 bridgehead atoms. The first-order valence-electron chi connectivity index (χ1n) is 5.05. The van der Waals surface area contributed by atoms with E-state index in [0.29, 0.717) is 0 Å². The molecular formula is C13H13N3. The van der Waals surface area contributed by atoms with Gasteiger partial charge in [0, 0.05) is 18.1 Å². The van der Waals surface area contributed by atoms with E-state index in [4.69, 9.17) is 5.73 Å². The monoisotopic (exact) mass is 211 g/mol. The van der Waals surface area contributed by atoms with Crippen LogP contribution in [0.4, 0.5) is 5.69 Å². The number of H-pyrrole nitrogens is 1. The molecule has 0 unspecified atom stereocenters. The predicted octanol–water partition coefficient (Wildman–Crippen LogP) is 2.83. The zero-order valence-electron chi connectivity index (χ0n) is 8.80. The largest absolute Gasteiger partial charge is 0.399 e. The Hall–Kier alpha value is -2.29. The van der Waals surface area contributed by atoms with Crippen molar-refractivity contribution in [1.82, 2.24) is 9.97 Å². The first-order chi connectivity index (χ1) is 7.86. The summed E-state index contributed by atoms with van der Waals surface area (Å²) in [5, 5.41) is 0. The number of benzene rings is 1. The summed E-state index contributed by atoms with van der Waals surface area (Å²) >= 11 is 0. The molecule has 0 amide bonds. The van der Waals surface area contributed by atoms with Crippen LogP contribution in [0.2, 0.25) is 0 Å². The van der Waals surface area contributed by atoms with Crippen LogP contribution >= 0.6 is 0 Å². The van der Waals surface area contributed by atoms with E-state index < -0.39 is 0 Å². The number of anilines is 1. The van der Waals surface area contributed by atoms with Gasteiger partial charge in [0.2, 0.25) is 0 Å². The van der Waals surface area contributed by atoms with E-state index in [-0.39, 0.29) is 0 Å².